The molecular formula is C5H5FN2O2. The predicted octanol–water partition coefficient (Wildman–Crippen LogP) is 0.243. The minimum Gasteiger partial charge on any atom is -0.445 e. The van der Waals surface area contributed by atoms with Gasteiger partial charge in [0.25, 0.3) is 5.91 Å². The van der Waals surface area contributed by atoms with E-state index in [-0.39, 0.29) is 11.6 Å². The molecule has 0 spiro atoms. The number of nitrogens with zero attached hydrogens (tertiary/aromatic N) is 1. The van der Waals surface area contributed by atoms with Crippen molar-refractivity contribution in [3.05, 3.63) is 17.8 Å². The minimum absolute atomic E-state index is 0.0485. The molecule has 0 atom stereocenters. The van der Waals surface area contributed by atoms with Gasteiger partial charge in [-0.25, -0.2) is 9.37 Å². The first kappa shape index (κ1) is 6.73. The van der Waals surface area contributed by atoms with Crippen LogP contribution < -0.4 is 5.73 Å². The maximum Gasteiger partial charge on any atom is 0.270 e. The summed E-state index contributed by atoms with van der Waals surface area (Å²) in [6.07, 6.45) is 1.03. The van der Waals surface area contributed by atoms with E-state index in [0.717, 1.165) is 6.26 Å². The highest BCUT2D eigenvalue weighted by Crippen LogP contribution is 2.01. The molecule has 10 heavy (non-hydrogen) atoms. The molecule has 1 heterocycles. The number of primary amides is 1. The Labute approximate surface area is 55.8 Å². The lowest BCUT2D eigenvalue weighted by molar-refractivity contribution is 0.0995. The molecule has 0 bridgehead atoms. The van der Waals surface area contributed by atoms with Crippen LogP contribution in [0, 0.1) is 0 Å². The van der Waals surface area contributed by atoms with E-state index in [0.29, 0.717) is 0 Å². The number of rotatable bonds is 2. The normalized spacial score (nSPS) is 9.70. The summed E-state index contributed by atoms with van der Waals surface area (Å²) in [6, 6.07) is 0. The zero-order valence-corrected chi connectivity index (χ0v) is 5.00. The quantitative estimate of drug-likeness (QED) is 0.646. The van der Waals surface area contributed by atoms with E-state index in [1.165, 1.54) is 0 Å². The number of oxazole rings is 1. The number of alkyl halides is 1. The molecule has 54 valence electrons. The van der Waals surface area contributed by atoms with Crippen LogP contribution in [-0.2, 0) is 6.67 Å². The van der Waals surface area contributed by atoms with Crippen LogP contribution in [0.25, 0.3) is 0 Å². The Morgan fingerprint density at radius 3 is 2.90 bits per heavy atom. The van der Waals surface area contributed by atoms with E-state index >= 15 is 0 Å². The number of halogens is 1. The average molecular weight is 144 g/mol. The largest absolute Gasteiger partial charge is 0.445 e. The maximum absolute atomic E-state index is 11.7. The summed E-state index contributed by atoms with van der Waals surface area (Å²) >= 11 is 0. The molecule has 0 unspecified atom stereocenters. The molecule has 0 aliphatic heterocycles. The Bertz CT molecular complexity index is 246. The van der Waals surface area contributed by atoms with Crippen molar-refractivity contribution in [1.29, 1.82) is 0 Å². The Balaban J connectivity index is 2.88. The third-order valence-corrected chi connectivity index (χ3v) is 0.919. The Morgan fingerprint density at radius 2 is 2.60 bits per heavy atom. The molecule has 1 aromatic rings. The van der Waals surface area contributed by atoms with Crippen molar-refractivity contribution in [3.8, 4) is 0 Å². The van der Waals surface area contributed by atoms with Crippen molar-refractivity contribution in [3.63, 3.8) is 0 Å². The molecule has 5 heteroatoms. The number of carbonyl (C=O) groups is 1. The van der Waals surface area contributed by atoms with Crippen molar-refractivity contribution < 1.29 is 13.6 Å². The minimum atomic E-state index is -0.826. The SMILES string of the molecule is NC(=O)c1coc(CF)n1. The maximum atomic E-state index is 11.7. The first-order chi connectivity index (χ1) is 4.74. The smallest absolute Gasteiger partial charge is 0.270 e. The summed E-state index contributed by atoms with van der Waals surface area (Å²) in [5.74, 6) is -0.850. The van der Waals surface area contributed by atoms with E-state index in [1.54, 1.807) is 0 Å². The van der Waals surface area contributed by atoms with E-state index in [1.807, 2.05) is 0 Å². The summed E-state index contributed by atoms with van der Waals surface area (Å²) in [7, 11) is 0. The van der Waals surface area contributed by atoms with Crippen molar-refractivity contribution in [2.75, 3.05) is 0 Å². The number of aromatic nitrogens is 1. The van der Waals surface area contributed by atoms with Crippen molar-refractivity contribution in [1.82, 2.24) is 4.98 Å². The van der Waals surface area contributed by atoms with Gasteiger partial charge in [-0.05, 0) is 0 Å². The second-order valence-corrected chi connectivity index (χ2v) is 1.62. The second-order valence-electron chi connectivity index (χ2n) is 1.62. The fraction of sp³-hybridized carbons (Fsp3) is 0.200. The average Bonchev–Trinajstić information content (AvgIpc) is 2.34. The van der Waals surface area contributed by atoms with Crippen molar-refractivity contribution >= 4 is 5.91 Å². The molecule has 1 rings (SSSR count). The van der Waals surface area contributed by atoms with Gasteiger partial charge in [0.2, 0.25) is 5.89 Å². The van der Waals surface area contributed by atoms with Gasteiger partial charge >= 0.3 is 0 Å². The summed E-state index contributed by atoms with van der Waals surface area (Å²) < 4.78 is 16.2. The van der Waals surface area contributed by atoms with Crippen LogP contribution in [0.1, 0.15) is 16.4 Å². The highest BCUT2D eigenvalue weighted by molar-refractivity contribution is 5.90. The topological polar surface area (TPSA) is 69.1 Å². The lowest BCUT2D eigenvalue weighted by atomic mass is 10.5. The molecule has 2 N–H and O–H groups in total. The van der Waals surface area contributed by atoms with E-state index in [4.69, 9.17) is 5.73 Å². The van der Waals surface area contributed by atoms with Crippen LogP contribution in [-0.4, -0.2) is 10.9 Å². The third kappa shape index (κ3) is 1.12. The standard InChI is InChI=1S/C5H5FN2O2/c6-1-4-8-3(2-10-4)5(7)9/h2H,1H2,(H2,7,9). The lowest BCUT2D eigenvalue weighted by Gasteiger charge is -1.79. The monoisotopic (exact) mass is 144 g/mol. The fourth-order valence-corrected chi connectivity index (χ4v) is 0.485. The number of amides is 1. The molecule has 0 fully saturated rings. The molecule has 0 aliphatic rings. The third-order valence-electron chi connectivity index (χ3n) is 0.919. The van der Waals surface area contributed by atoms with Gasteiger partial charge in [-0.15, -0.1) is 0 Å². The van der Waals surface area contributed by atoms with Gasteiger partial charge < -0.3 is 10.2 Å². The van der Waals surface area contributed by atoms with Gasteiger partial charge in [-0.3, -0.25) is 4.79 Å². The van der Waals surface area contributed by atoms with E-state index < -0.39 is 12.6 Å². The van der Waals surface area contributed by atoms with Crippen molar-refractivity contribution in [2.24, 2.45) is 5.73 Å². The Hall–Kier alpha value is -1.39. The van der Waals surface area contributed by atoms with Gasteiger partial charge in [-0.1, -0.05) is 0 Å². The van der Waals surface area contributed by atoms with E-state index in [2.05, 4.69) is 9.40 Å². The number of hydrogen-bond acceptors (Lipinski definition) is 3. The summed E-state index contributed by atoms with van der Waals surface area (Å²) in [5, 5.41) is 0. The lowest BCUT2D eigenvalue weighted by Crippen LogP contribution is -2.11. The fourth-order valence-electron chi connectivity index (χ4n) is 0.485. The molecule has 0 radical (unpaired) electrons. The zero-order chi connectivity index (χ0) is 7.56. The Kier molecular flexibility index (Phi) is 1.66. The van der Waals surface area contributed by atoms with Crippen LogP contribution in [0.5, 0.6) is 0 Å². The molecule has 1 aromatic heterocycles. The van der Waals surface area contributed by atoms with Gasteiger partial charge in [0.15, 0.2) is 12.4 Å². The molecule has 1 amide bonds. The molecule has 4 nitrogen and oxygen atoms in total. The first-order valence-electron chi connectivity index (χ1n) is 2.54. The second kappa shape index (κ2) is 2.47. The van der Waals surface area contributed by atoms with Crippen LogP contribution in [0.2, 0.25) is 0 Å². The highest BCUT2D eigenvalue weighted by Gasteiger charge is 2.06. The van der Waals surface area contributed by atoms with Crippen LogP contribution in [0.15, 0.2) is 10.7 Å². The van der Waals surface area contributed by atoms with Crippen molar-refractivity contribution in [2.45, 2.75) is 6.67 Å². The summed E-state index contributed by atoms with van der Waals surface area (Å²) in [6.45, 7) is -0.826. The number of carbonyl (C=O) groups excluding carboxylic acids is 1. The Morgan fingerprint density at radius 1 is 1.90 bits per heavy atom. The van der Waals surface area contributed by atoms with E-state index in [9.17, 15) is 9.18 Å². The van der Waals surface area contributed by atoms with Gasteiger partial charge in [-0.2, -0.15) is 0 Å². The molecular weight excluding hydrogens is 139 g/mol. The van der Waals surface area contributed by atoms with Gasteiger partial charge in [0.05, 0.1) is 0 Å². The molecule has 0 saturated heterocycles. The predicted molar refractivity (Wildman–Crippen MR) is 29.8 cm³/mol. The highest BCUT2D eigenvalue weighted by atomic mass is 19.1. The molecule has 0 aromatic carbocycles. The number of nitrogens with two attached hydrogens (primary N) is 1. The summed E-state index contributed by atoms with van der Waals surface area (Å²) in [5.41, 5.74) is 4.75. The first-order valence-corrected chi connectivity index (χ1v) is 2.54. The van der Waals surface area contributed by atoms with Crippen LogP contribution in [0.3, 0.4) is 0 Å². The van der Waals surface area contributed by atoms with Gasteiger partial charge in [0, 0.05) is 0 Å². The molecule has 0 saturated carbocycles. The van der Waals surface area contributed by atoms with Crippen LogP contribution in [0.4, 0.5) is 4.39 Å². The number of hydrogen-bond donors (Lipinski definition) is 1. The summed E-state index contributed by atoms with van der Waals surface area (Å²) in [4.78, 5) is 13.7. The zero-order valence-electron chi connectivity index (χ0n) is 5.00. The van der Waals surface area contributed by atoms with Gasteiger partial charge in [0.1, 0.15) is 6.26 Å². The molecule has 0 aliphatic carbocycles. The van der Waals surface area contributed by atoms with Crippen LogP contribution >= 0.6 is 0 Å².